The van der Waals surface area contributed by atoms with Gasteiger partial charge in [-0.3, -0.25) is 14.9 Å². The van der Waals surface area contributed by atoms with E-state index in [0.29, 0.717) is 22.6 Å². The molecule has 0 saturated heterocycles. The smallest absolute Gasteiger partial charge is 0.273 e. The molecule has 0 atom stereocenters. The van der Waals surface area contributed by atoms with Gasteiger partial charge in [0.05, 0.1) is 21.1 Å². The molecule has 0 radical (unpaired) electrons. The van der Waals surface area contributed by atoms with Gasteiger partial charge in [-0.1, -0.05) is 29.4 Å². The van der Waals surface area contributed by atoms with Gasteiger partial charge < -0.3 is 9.84 Å². The largest absolute Gasteiger partial charge is 0.334 e. The molecule has 0 aliphatic carbocycles. The summed E-state index contributed by atoms with van der Waals surface area (Å²) in [7, 11) is 0. The molecule has 0 saturated carbocycles. The van der Waals surface area contributed by atoms with Crippen LogP contribution in [-0.2, 0) is 0 Å². The van der Waals surface area contributed by atoms with Crippen molar-refractivity contribution in [2.75, 3.05) is 5.32 Å². The fourth-order valence-corrected chi connectivity index (χ4v) is 3.52. The first-order valence-corrected chi connectivity index (χ1v) is 9.45. The first-order valence-electron chi connectivity index (χ1n) is 8.57. The predicted octanol–water partition coefficient (Wildman–Crippen LogP) is 4.93. The Hall–Kier alpha value is -3.85. The van der Waals surface area contributed by atoms with Crippen molar-refractivity contribution in [1.82, 2.24) is 10.1 Å². The van der Waals surface area contributed by atoms with Crippen molar-refractivity contribution in [3.8, 4) is 22.2 Å². The fourth-order valence-electron chi connectivity index (χ4n) is 2.87. The van der Waals surface area contributed by atoms with Crippen LogP contribution in [0.25, 0.3) is 22.2 Å². The molecule has 4 rings (SSSR count). The number of thiophene rings is 1. The highest BCUT2D eigenvalue weighted by Gasteiger charge is 2.20. The highest BCUT2D eigenvalue weighted by Crippen LogP contribution is 2.30. The lowest BCUT2D eigenvalue weighted by Crippen LogP contribution is -2.14. The number of carbonyl (C=O) groups excluding carboxylic acids is 1. The summed E-state index contributed by atoms with van der Waals surface area (Å²) in [5.74, 6) is 0.266. The van der Waals surface area contributed by atoms with Crippen LogP contribution in [0.5, 0.6) is 0 Å². The van der Waals surface area contributed by atoms with E-state index in [2.05, 4.69) is 15.5 Å². The van der Waals surface area contributed by atoms with Crippen LogP contribution >= 0.6 is 11.3 Å². The molecule has 144 valence electrons. The Bertz CT molecular complexity index is 1200. The molecule has 0 spiro atoms. The molecule has 8 nitrogen and oxygen atoms in total. The second-order valence-electron chi connectivity index (χ2n) is 6.11. The van der Waals surface area contributed by atoms with Gasteiger partial charge in [-0.2, -0.15) is 4.98 Å². The molecule has 0 bridgehead atoms. The Morgan fingerprint density at radius 3 is 2.72 bits per heavy atom. The van der Waals surface area contributed by atoms with Crippen molar-refractivity contribution in [1.29, 1.82) is 0 Å². The van der Waals surface area contributed by atoms with Gasteiger partial charge in [0.1, 0.15) is 0 Å². The zero-order valence-corrected chi connectivity index (χ0v) is 16.0. The van der Waals surface area contributed by atoms with Crippen molar-refractivity contribution in [3.05, 3.63) is 81.2 Å². The summed E-state index contributed by atoms with van der Waals surface area (Å²) in [6.07, 6.45) is 0. The van der Waals surface area contributed by atoms with Crippen molar-refractivity contribution in [3.63, 3.8) is 0 Å². The average molecular weight is 406 g/mol. The summed E-state index contributed by atoms with van der Waals surface area (Å²) in [4.78, 5) is 28.7. The second-order valence-corrected chi connectivity index (χ2v) is 7.05. The molecule has 1 N–H and O–H groups in total. The summed E-state index contributed by atoms with van der Waals surface area (Å²) < 4.78 is 5.38. The maximum absolute atomic E-state index is 12.8. The zero-order chi connectivity index (χ0) is 20.4. The maximum atomic E-state index is 12.8. The molecule has 9 heteroatoms. The van der Waals surface area contributed by atoms with Gasteiger partial charge in [-0.25, -0.2) is 0 Å². The Kier molecular flexibility index (Phi) is 4.88. The molecule has 0 fully saturated rings. The number of nitro benzene ring substituents is 1. The molecule has 0 unspecified atom stereocenters. The van der Waals surface area contributed by atoms with E-state index in [1.165, 1.54) is 23.5 Å². The molecule has 29 heavy (non-hydrogen) atoms. The van der Waals surface area contributed by atoms with Crippen LogP contribution in [0.4, 0.5) is 11.4 Å². The Balaban J connectivity index is 1.66. The maximum Gasteiger partial charge on any atom is 0.273 e. The number of hydrogen-bond acceptors (Lipinski definition) is 7. The number of nitrogens with zero attached hydrogens (tertiary/aromatic N) is 3. The highest BCUT2D eigenvalue weighted by atomic mass is 32.1. The van der Waals surface area contributed by atoms with Gasteiger partial charge in [0.25, 0.3) is 17.5 Å². The SMILES string of the molecule is Cc1c(C(=O)Nc2ccccc2-c2nc(-c3cccs3)no2)cccc1[N+](=O)[O-]. The lowest BCUT2D eigenvalue weighted by atomic mass is 10.1. The van der Waals surface area contributed by atoms with Crippen molar-refractivity contribution >= 4 is 28.6 Å². The highest BCUT2D eigenvalue weighted by molar-refractivity contribution is 7.13. The van der Waals surface area contributed by atoms with Crippen LogP contribution in [0.1, 0.15) is 15.9 Å². The number of amides is 1. The van der Waals surface area contributed by atoms with E-state index in [0.717, 1.165) is 4.88 Å². The van der Waals surface area contributed by atoms with Gasteiger partial charge >= 0.3 is 0 Å². The molecule has 2 aromatic carbocycles. The Morgan fingerprint density at radius 1 is 1.14 bits per heavy atom. The Labute approximate surface area is 169 Å². The van der Waals surface area contributed by atoms with Crippen molar-refractivity contribution < 1.29 is 14.2 Å². The number of benzene rings is 2. The van der Waals surface area contributed by atoms with Crippen molar-refractivity contribution in [2.24, 2.45) is 0 Å². The lowest BCUT2D eigenvalue weighted by molar-refractivity contribution is -0.385. The zero-order valence-electron chi connectivity index (χ0n) is 15.2. The standard InChI is InChI=1S/C20H14N4O4S/c1-12-13(7-4-9-16(12)24(26)27)19(25)21-15-8-3-2-6-14(15)20-22-18(23-28-20)17-10-5-11-29-17/h2-11H,1H3,(H,21,25). The van der Waals surface area contributed by atoms with Gasteiger partial charge in [-0.15, -0.1) is 11.3 Å². The van der Waals surface area contributed by atoms with Gasteiger partial charge in [0.2, 0.25) is 5.82 Å². The number of rotatable bonds is 5. The molecule has 2 heterocycles. The minimum atomic E-state index is -0.509. The van der Waals surface area contributed by atoms with E-state index in [-0.39, 0.29) is 17.1 Å². The van der Waals surface area contributed by atoms with E-state index >= 15 is 0 Å². The first kappa shape index (κ1) is 18.5. The number of hydrogen-bond donors (Lipinski definition) is 1. The van der Waals surface area contributed by atoms with E-state index in [4.69, 9.17) is 4.52 Å². The van der Waals surface area contributed by atoms with Crippen LogP contribution in [0.2, 0.25) is 0 Å². The number of nitrogens with one attached hydrogen (secondary N) is 1. The van der Waals surface area contributed by atoms with Crippen LogP contribution in [0.3, 0.4) is 0 Å². The quantitative estimate of drug-likeness (QED) is 0.371. The summed E-state index contributed by atoms with van der Waals surface area (Å²) in [5, 5.41) is 19.8. The van der Waals surface area contributed by atoms with Crippen molar-refractivity contribution in [2.45, 2.75) is 6.92 Å². The number of nitro groups is 1. The topological polar surface area (TPSA) is 111 Å². The first-order chi connectivity index (χ1) is 14.0. The third-order valence-electron chi connectivity index (χ3n) is 4.32. The number of aromatic nitrogens is 2. The van der Waals surface area contributed by atoms with Crippen LogP contribution < -0.4 is 5.32 Å². The lowest BCUT2D eigenvalue weighted by Gasteiger charge is -2.10. The summed E-state index contributed by atoms with van der Waals surface area (Å²) in [6.45, 7) is 1.55. The Morgan fingerprint density at radius 2 is 1.97 bits per heavy atom. The molecule has 2 aromatic heterocycles. The van der Waals surface area contributed by atoms with Gasteiger partial charge in [0.15, 0.2) is 0 Å². The average Bonchev–Trinajstić information content (AvgIpc) is 3.40. The summed E-state index contributed by atoms with van der Waals surface area (Å²) in [5.41, 5.74) is 1.43. The molecule has 0 aliphatic rings. The van der Waals surface area contributed by atoms with E-state index in [9.17, 15) is 14.9 Å². The summed E-state index contributed by atoms with van der Waals surface area (Å²) in [6, 6.07) is 15.2. The number of carbonyl (C=O) groups is 1. The van der Waals surface area contributed by atoms with Crippen LogP contribution in [-0.4, -0.2) is 21.0 Å². The predicted molar refractivity (Wildman–Crippen MR) is 109 cm³/mol. The van der Waals surface area contributed by atoms with Gasteiger partial charge in [-0.05, 0) is 36.6 Å². The normalized spacial score (nSPS) is 10.7. The number of anilines is 1. The van der Waals surface area contributed by atoms with E-state index < -0.39 is 10.8 Å². The minimum absolute atomic E-state index is 0.108. The number of para-hydroxylation sites is 1. The molecule has 4 aromatic rings. The molecule has 1 amide bonds. The van der Waals surface area contributed by atoms with Crippen LogP contribution in [0, 0.1) is 17.0 Å². The molecular formula is C20H14N4O4S. The second kappa shape index (κ2) is 7.64. The summed E-state index contributed by atoms with van der Waals surface area (Å²) >= 11 is 1.49. The fraction of sp³-hybridized carbons (Fsp3) is 0.0500. The van der Waals surface area contributed by atoms with E-state index in [1.807, 2.05) is 17.5 Å². The monoisotopic (exact) mass is 406 g/mol. The van der Waals surface area contributed by atoms with E-state index in [1.54, 1.807) is 37.3 Å². The van der Waals surface area contributed by atoms with Crippen LogP contribution in [0.15, 0.2) is 64.5 Å². The van der Waals surface area contributed by atoms with Gasteiger partial charge in [0, 0.05) is 17.2 Å². The third-order valence-corrected chi connectivity index (χ3v) is 5.19. The molecule has 0 aliphatic heterocycles. The molecular weight excluding hydrogens is 392 g/mol. The third kappa shape index (κ3) is 3.63. The minimum Gasteiger partial charge on any atom is -0.334 e.